The summed E-state index contributed by atoms with van der Waals surface area (Å²) in [6.45, 7) is 2.68. The summed E-state index contributed by atoms with van der Waals surface area (Å²) in [5.41, 5.74) is 3.39. The summed E-state index contributed by atoms with van der Waals surface area (Å²) in [5.74, 6) is 0.653. The van der Waals surface area contributed by atoms with E-state index in [1.807, 2.05) is 36.4 Å². The van der Waals surface area contributed by atoms with Crippen LogP contribution in [0.5, 0.6) is 5.75 Å². The van der Waals surface area contributed by atoms with Gasteiger partial charge in [0.05, 0.1) is 12.1 Å². The summed E-state index contributed by atoms with van der Waals surface area (Å²) in [5, 5.41) is 1.41. The Labute approximate surface area is 185 Å². The molecule has 0 spiro atoms. The van der Waals surface area contributed by atoms with Crippen molar-refractivity contribution >= 4 is 28.3 Å². The number of benzene rings is 3. The van der Waals surface area contributed by atoms with Gasteiger partial charge in [0, 0.05) is 34.6 Å². The molecule has 0 atom stereocenters. The van der Waals surface area contributed by atoms with Gasteiger partial charge in [-0.3, -0.25) is 9.59 Å². The number of aromatic nitrogens is 1. The highest BCUT2D eigenvalue weighted by molar-refractivity contribution is 6.30. The first-order valence-electron chi connectivity index (χ1n) is 10.1. The third-order valence-electron chi connectivity index (χ3n) is 5.23. The zero-order valence-corrected chi connectivity index (χ0v) is 18.1. The van der Waals surface area contributed by atoms with E-state index in [1.165, 1.54) is 0 Å². The van der Waals surface area contributed by atoms with Crippen LogP contribution in [0.4, 0.5) is 0 Å². The number of ketones is 1. The molecule has 5 heteroatoms. The minimum absolute atomic E-state index is 0.0987. The van der Waals surface area contributed by atoms with Crippen molar-refractivity contribution in [2.75, 3.05) is 6.61 Å². The van der Waals surface area contributed by atoms with Gasteiger partial charge < -0.3 is 9.30 Å². The van der Waals surface area contributed by atoms with Crippen molar-refractivity contribution in [3.63, 3.8) is 0 Å². The van der Waals surface area contributed by atoms with Crippen LogP contribution in [0.1, 0.15) is 29.3 Å². The van der Waals surface area contributed by atoms with Crippen LogP contribution in [0.15, 0.2) is 77.6 Å². The lowest BCUT2D eigenvalue weighted by Crippen LogP contribution is -2.16. The van der Waals surface area contributed by atoms with Crippen LogP contribution in [-0.2, 0) is 7.05 Å². The van der Waals surface area contributed by atoms with Crippen LogP contribution in [0.3, 0.4) is 0 Å². The molecule has 4 rings (SSSR count). The zero-order valence-electron chi connectivity index (χ0n) is 17.4. The fourth-order valence-corrected chi connectivity index (χ4v) is 3.71. The molecule has 0 amide bonds. The number of nitrogens with zero attached hydrogens (tertiary/aromatic N) is 1. The van der Waals surface area contributed by atoms with Gasteiger partial charge in [0.2, 0.25) is 0 Å². The number of halogens is 1. The third kappa shape index (κ3) is 4.25. The summed E-state index contributed by atoms with van der Waals surface area (Å²) < 4.78 is 7.35. The third-order valence-corrected chi connectivity index (χ3v) is 5.48. The Morgan fingerprint density at radius 2 is 1.71 bits per heavy atom. The normalized spacial score (nSPS) is 10.9. The van der Waals surface area contributed by atoms with Crippen LogP contribution >= 0.6 is 11.6 Å². The molecule has 0 unspecified atom stereocenters. The molecule has 1 heterocycles. The van der Waals surface area contributed by atoms with E-state index in [-0.39, 0.29) is 11.3 Å². The maximum Gasteiger partial charge on any atom is 0.251 e. The summed E-state index contributed by atoms with van der Waals surface area (Å²) in [6, 6.07) is 21.5. The van der Waals surface area contributed by atoms with Gasteiger partial charge in [0.15, 0.2) is 5.78 Å². The van der Waals surface area contributed by atoms with Crippen molar-refractivity contribution in [1.82, 2.24) is 4.57 Å². The van der Waals surface area contributed by atoms with E-state index >= 15 is 0 Å². The summed E-state index contributed by atoms with van der Waals surface area (Å²) >= 11 is 5.95. The molecule has 4 nitrogen and oxygen atoms in total. The van der Waals surface area contributed by atoms with Crippen molar-refractivity contribution in [3.8, 4) is 16.9 Å². The van der Waals surface area contributed by atoms with E-state index in [9.17, 15) is 9.59 Å². The maximum atomic E-state index is 13.0. The first-order valence-corrected chi connectivity index (χ1v) is 10.5. The molecule has 0 N–H and O–H groups in total. The molecule has 0 saturated heterocycles. The van der Waals surface area contributed by atoms with Crippen LogP contribution in [0.25, 0.3) is 22.0 Å². The highest BCUT2D eigenvalue weighted by atomic mass is 35.5. The smallest absolute Gasteiger partial charge is 0.251 e. The molecule has 0 saturated carbocycles. The number of aryl methyl sites for hydroxylation is 1. The molecule has 1 aromatic heterocycles. The largest absolute Gasteiger partial charge is 0.494 e. The number of fused-ring (bicyclic) bond motifs is 1. The fourth-order valence-electron chi connectivity index (χ4n) is 3.58. The number of carbonyl (C=O) groups excluding carboxylic acids is 1. The molecule has 156 valence electrons. The lowest BCUT2D eigenvalue weighted by molar-refractivity contribution is 0.103. The number of hydrogen-bond donors (Lipinski definition) is 0. The monoisotopic (exact) mass is 431 g/mol. The molecule has 0 fully saturated rings. The van der Waals surface area contributed by atoms with Crippen molar-refractivity contribution in [3.05, 3.63) is 99.3 Å². The minimum atomic E-state index is -0.112. The van der Waals surface area contributed by atoms with Gasteiger partial charge in [-0.25, -0.2) is 0 Å². The maximum absolute atomic E-state index is 13.0. The number of ether oxygens (including phenoxy) is 1. The van der Waals surface area contributed by atoms with Crippen LogP contribution in [-0.4, -0.2) is 17.0 Å². The topological polar surface area (TPSA) is 48.3 Å². The molecule has 0 bridgehead atoms. The molecule has 0 radical (unpaired) electrons. The standard InChI is InChI=1S/C26H22ClNO3/c1-3-13-31-21-6-4-5-18(14-21)22-16-25(29)28(2)24-12-9-19(15-23(22)24)26(30)17-7-10-20(27)11-8-17/h4-12,14-16H,3,13H2,1-2H3. The Morgan fingerprint density at radius 3 is 2.45 bits per heavy atom. The summed E-state index contributed by atoms with van der Waals surface area (Å²) in [7, 11) is 1.73. The number of pyridine rings is 1. The highest BCUT2D eigenvalue weighted by Crippen LogP contribution is 2.31. The Kier molecular flexibility index (Phi) is 5.92. The first kappa shape index (κ1) is 20.9. The lowest BCUT2D eigenvalue weighted by Gasteiger charge is -2.13. The van der Waals surface area contributed by atoms with Gasteiger partial charge in [0.25, 0.3) is 5.56 Å². The summed E-state index contributed by atoms with van der Waals surface area (Å²) in [6.07, 6.45) is 0.912. The zero-order chi connectivity index (χ0) is 22.0. The van der Waals surface area contributed by atoms with Gasteiger partial charge in [-0.1, -0.05) is 30.7 Å². The average Bonchev–Trinajstić information content (AvgIpc) is 2.80. The van der Waals surface area contributed by atoms with E-state index in [0.717, 1.165) is 34.2 Å². The van der Waals surface area contributed by atoms with E-state index < -0.39 is 0 Å². The van der Waals surface area contributed by atoms with E-state index in [4.69, 9.17) is 16.3 Å². The molecule has 0 aliphatic heterocycles. The Hall–Kier alpha value is -3.37. The first-order chi connectivity index (χ1) is 15.0. The van der Waals surface area contributed by atoms with E-state index in [0.29, 0.717) is 22.8 Å². The Bertz CT molecular complexity index is 1320. The van der Waals surface area contributed by atoms with Gasteiger partial charge in [-0.2, -0.15) is 0 Å². The molecular formula is C26H22ClNO3. The molecule has 3 aromatic carbocycles. The highest BCUT2D eigenvalue weighted by Gasteiger charge is 2.14. The van der Waals surface area contributed by atoms with E-state index in [1.54, 1.807) is 48.0 Å². The van der Waals surface area contributed by atoms with Crippen LogP contribution in [0.2, 0.25) is 5.02 Å². The second-order valence-corrected chi connectivity index (χ2v) is 7.84. The van der Waals surface area contributed by atoms with Gasteiger partial charge in [0.1, 0.15) is 5.75 Å². The SMILES string of the molecule is CCCOc1cccc(-c2cc(=O)n(C)c3ccc(C(=O)c4ccc(Cl)cc4)cc23)c1. The molecule has 4 aromatic rings. The second kappa shape index (κ2) is 8.78. The van der Waals surface area contributed by atoms with Crippen molar-refractivity contribution in [1.29, 1.82) is 0 Å². The predicted octanol–water partition coefficient (Wildman–Crippen LogP) is 5.88. The van der Waals surface area contributed by atoms with Gasteiger partial charge in [-0.05, 0) is 72.1 Å². The minimum Gasteiger partial charge on any atom is -0.494 e. The molecule has 0 aliphatic rings. The van der Waals surface area contributed by atoms with Crippen LogP contribution in [0, 0.1) is 0 Å². The van der Waals surface area contributed by atoms with Crippen LogP contribution < -0.4 is 10.3 Å². The quantitative estimate of drug-likeness (QED) is 0.358. The number of rotatable bonds is 6. The average molecular weight is 432 g/mol. The van der Waals surface area contributed by atoms with Gasteiger partial charge >= 0.3 is 0 Å². The summed E-state index contributed by atoms with van der Waals surface area (Å²) in [4.78, 5) is 25.7. The fraction of sp³-hybridized carbons (Fsp3) is 0.154. The van der Waals surface area contributed by atoms with Crippen molar-refractivity contribution < 1.29 is 9.53 Å². The number of carbonyl (C=O) groups is 1. The Morgan fingerprint density at radius 1 is 0.968 bits per heavy atom. The predicted molar refractivity (Wildman–Crippen MR) is 125 cm³/mol. The molecular weight excluding hydrogens is 410 g/mol. The number of hydrogen-bond acceptors (Lipinski definition) is 3. The lowest BCUT2D eigenvalue weighted by atomic mass is 9.96. The van der Waals surface area contributed by atoms with Gasteiger partial charge in [-0.15, -0.1) is 0 Å². The van der Waals surface area contributed by atoms with Crippen molar-refractivity contribution in [2.24, 2.45) is 7.05 Å². The second-order valence-electron chi connectivity index (χ2n) is 7.40. The van der Waals surface area contributed by atoms with Crippen molar-refractivity contribution in [2.45, 2.75) is 13.3 Å². The van der Waals surface area contributed by atoms with E-state index in [2.05, 4.69) is 6.92 Å². The molecule has 31 heavy (non-hydrogen) atoms. The Balaban J connectivity index is 1.86. The molecule has 0 aliphatic carbocycles.